The van der Waals surface area contributed by atoms with Crippen LogP contribution >= 0.6 is 0 Å². The molecule has 2 saturated heterocycles. The molecule has 1 atom stereocenters. The maximum absolute atomic E-state index is 14.4. The molecule has 0 unspecified atom stereocenters. The van der Waals surface area contributed by atoms with Crippen molar-refractivity contribution in [3.8, 4) is 0 Å². The molecule has 10 nitrogen and oxygen atoms in total. The van der Waals surface area contributed by atoms with Gasteiger partial charge in [-0.15, -0.1) is 5.10 Å². The second kappa shape index (κ2) is 10.8. The van der Waals surface area contributed by atoms with Gasteiger partial charge < -0.3 is 14.5 Å². The number of pyridine rings is 1. The third-order valence-electron chi connectivity index (χ3n) is 7.63. The smallest absolute Gasteiger partial charge is 0.410 e. The van der Waals surface area contributed by atoms with E-state index in [-0.39, 0.29) is 24.1 Å². The van der Waals surface area contributed by atoms with Gasteiger partial charge in [0.2, 0.25) is 0 Å². The van der Waals surface area contributed by atoms with Crippen molar-refractivity contribution in [2.24, 2.45) is 7.05 Å². The first-order chi connectivity index (χ1) is 18.6. The van der Waals surface area contributed by atoms with E-state index in [1.165, 1.54) is 0 Å². The van der Waals surface area contributed by atoms with E-state index in [0.717, 1.165) is 47.7 Å². The van der Waals surface area contributed by atoms with Gasteiger partial charge >= 0.3 is 12.1 Å². The summed E-state index contributed by atoms with van der Waals surface area (Å²) in [6, 6.07) is 7.83. The number of hydrogen-bond donors (Lipinski definition) is 0. The van der Waals surface area contributed by atoms with Crippen LogP contribution in [0.1, 0.15) is 63.6 Å². The highest BCUT2D eigenvalue weighted by Crippen LogP contribution is 2.34. The van der Waals surface area contributed by atoms with Gasteiger partial charge in [0.1, 0.15) is 11.4 Å². The standard InChI is InChI=1S/C29H39N7O3/c1-20-8-6-9-22-11-14-30-26(25(20)22)36(23-10-7-15-35(18-23)28(38)39-29(2,3)4)27(37)34-16-12-21(13-17-34)24-19-33(5)32-31-24/h6,8-9,11,14,19,21,23H,7,10,12-13,15-18H2,1-5H3/t23-/m1/s1. The van der Waals surface area contributed by atoms with Crippen LogP contribution in [0.15, 0.2) is 36.7 Å². The average molecular weight is 534 g/mol. The van der Waals surface area contributed by atoms with E-state index in [2.05, 4.69) is 29.4 Å². The third kappa shape index (κ3) is 5.84. The van der Waals surface area contributed by atoms with Crippen molar-refractivity contribution < 1.29 is 14.3 Å². The largest absolute Gasteiger partial charge is 0.444 e. The Morgan fingerprint density at radius 3 is 2.51 bits per heavy atom. The Labute approximate surface area is 229 Å². The quantitative estimate of drug-likeness (QED) is 0.476. The fraction of sp³-hybridized carbons (Fsp3) is 0.552. The van der Waals surface area contributed by atoms with Crippen LogP contribution in [0, 0.1) is 6.92 Å². The summed E-state index contributed by atoms with van der Waals surface area (Å²) in [4.78, 5) is 37.6. The van der Waals surface area contributed by atoms with Crippen molar-refractivity contribution in [2.45, 2.75) is 70.9 Å². The van der Waals surface area contributed by atoms with Gasteiger partial charge in [-0.3, -0.25) is 9.58 Å². The number of aromatic nitrogens is 4. The van der Waals surface area contributed by atoms with Crippen LogP contribution in [0.4, 0.5) is 15.4 Å². The maximum Gasteiger partial charge on any atom is 0.410 e. The van der Waals surface area contributed by atoms with Crippen molar-refractivity contribution in [3.05, 3.63) is 47.9 Å². The SMILES string of the molecule is Cc1cccc2ccnc(N(C(=O)N3CCC(c4cn(C)nn4)CC3)[C@@H]3CCCN(C(=O)OC(C)(C)C)C3)c12. The number of anilines is 1. The van der Waals surface area contributed by atoms with E-state index < -0.39 is 5.60 Å². The molecule has 2 aromatic heterocycles. The number of hydrogen-bond acceptors (Lipinski definition) is 6. The van der Waals surface area contributed by atoms with Crippen molar-refractivity contribution in [1.29, 1.82) is 0 Å². The van der Waals surface area contributed by atoms with Crippen LogP contribution in [-0.4, -0.2) is 79.7 Å². The predicted octanol–water partition coefficient (Wildman–Crippen LogP) is 4.88. The molecule has 2 aliphatic rings. The minimum atomic E-state index is -0.582. The number of aryl methyl sites for hydroxylation is 2. The number of carbonyl (C=O) groups excluding carboxylic acids is 2. The minimum Gasteiger partial charge on any atom is -0.444 e. The lowest BCUT2D eigenvalue weighted by atomic mass is 9.94. The van der Waals surface area contributed by atoms with Gasteiger partial charge in [-0.1, -0.05) is 23.4 Å². The molecule has 0 radical (unpaired) electrons. The molecular formula is C29H39N7O3. The van der Waals surface area contributed by atoms with Gasteiger partial charge in [0.05, 0.1) is 11.7 Å². The Bertz CT molecular complexity index is 1330. The number of carbonyl (C=O) groups is 2. The molecule has 3 amide bonds. The Kier molecular flexibility index (Phi) is 7.46. The maximum atomic E-state index is 14.4. The van der Waals surface area contributed by atoms with E-state index in [1.807, 2.05) is 55.9 Å². The molecule has 2 fully saturated rings. The number of benzene rings is 1. The third-order valence-corrected chi connectivity index (χ3v) is 7.63. The highest BCUT2D eigenvalue weighted by atomic mass is 16.6. The molecule has 0 N–H and O–H groups in total. The normalized spacial score (nSPS) is 18.8. The molecule has 10 heteroatoms. The minimum absolute atomic E-state index is 0.0631. The molecule has 1 aromatic carbocycles. The zero-order valence-corrected chi connectivity index (χ0v) is 23.6. The molecular weight excluding hydrogens is 494 g/mol. The first-order valence-electron chi connectivity index (χ1n) is 13.9. The van der Waals surface area contributed by atoms with Crippen LogP contribution in [0.3, 0.4) is 0 Å². The highest BCUT2D eigenvalue weighted by Gasteiger charge is 2.38. The fourth-order valence-electron chi connectivity index (χ4n) is 5.72. The van der Waals surface area contributed by atoms with Crippen LogP contribution in [-0.2, 0) is 11.8 Å². The molecule has 208 valence electrons. The van der Waals surface area contributed by atoms with Gasteiger partial charge in [0.15, 0.2) is 0 Å². The monoisotopic (exact) mass is 533 g/mol. The molecule has 0 bridgehead atoms. The summed E-state index contributed by atoms with van der Waals surface area (Å²) in [7, 11) is 1.87. The van der Waals surface area contributed by atoms with Crippen LogP contribution in [0.5, 0.6) is 0 Å². The number of ether oxygens (including phenoxy) is 1. The first kappa shape index (κ1) is 26.9. The van der Waals surface area contributed by atoms with Crippen LogP contribution in [0.25, 0.3) is 10.8 Å². The van der Waals surface area contributed by atoms with E-state index in [0.29, 0.717) is 32.0 Å². The summed E-state index contributed by atoms with van der Waals surface area (Å²) >= 11 is 0. The Hall–Kier alpha value is -3.69. The summed E-state index contributed by atoms with van der Waals surface area (Å²) in [6.07, 6.45) is 6.61. The lowest BCUT2D eigenvalue weighted by Gasteiger charge is -2.42. The summed E-state index contributed by atoms with van der Waals surface area (Å²) in [5.74, 6) is 0.939. The Morgan fingerprint density at radius 2 is 1.82 bits per heavy atom. The van der Waals surface area contributed by atoms with E-state index in [9.17, 15) is 9.59 Å². The lowest BCUT2D eigenvalue weighted by Crippen LogP contribution is -2.57. The number of nitrogens with zero attached hydrogens (tertiary/aromatic N) is 7. The molecule has 2 aliphatic heterocycles. The predicted molar refractivity (Wildman–Crippen MR) is 150 cm³/mol. The fourth-order valence-corrected chi connectivity index (χ4v) is 5.72. The molecule has 4 heterocycles. The Morgan fingerprint density at radius 1 is 1.05 bits per heavy atom. The van der Waals surface area contributed by atoms with E-state index >= 15 is 0 Å². The highest BCUT2D eigenvalue weighted by molar-refractivity contribution is 6.03. The van der Waals surface area contributed by atoms with Gasteiger partial charge in [0.25, 0.3) is 0 Å². The summed E-state index contributed by atoms with van der Waals surface area (Å²) in [5, 5.41) is 10.4. The molecule has 5 rings (SSSR count). The second-order valence-corrected chi connectivity index (χ2v) is 11.8. The number of piperidine rings is 2. The number of urea groups is 1. The number of amides is 3. The van der Waals surface area contributed by atoms with Crippen molar-refractivity contribution in [3.63, 3.8) is 0 Å². The zero-order valence-electron chi connectivity index (χ0n) is 23.6. The molecule has 0 spiro atoms. The first-order valence-corrected chi connectivity index (χ1v) is 13.9. The average Bonchev–Trinajstić information content (AvgIpc) is 3.34. The molecule has 39 heavy (non-hydrogen) atoms. The van der Waals surface area contributed by atoms with Crippen LogP contribution in [0.2, 0.25) is 0 Å². The number of fused-ring (bicyclic) bond motifs is 1. The van der Waals surface area contributed by atoms with Gasteiger partial charge in [-0.2, -0.15) is 0 Å². The summed E-state index contributed by atoms with van der Waals surface area (Å²) < 4.78 is 7.40. The van der Waals surface area contributed by atoms with Gasteiger partial charge in [0, 0.05) is 56.9 Å². The summed E-state index contributed by atoms with van der Waals surface area (Å²) in [6.45, 7) is 9.93. The van der Waals surface area contributed by atoms with Crippen molar-refractivity contribution >= 4 is 28.7 Å². The zero-order chi connectivity index (χ0) is 27.7. The van der Waals surface area contributed by atoms with Gasteiger partial charge in [-0.25, -0.2) is 14.6 Å². The molecule has 3 aromatic rings. The summed E-state index contributed by atoms with van der Waals surface area (Å²) in [5.41, 5.74) is 1.46. The van der Waals surface area contributed by atoms with Crippen LogP contribution < -0.4 is 4.90 Å². The molecule has 0 saturated carbocycles. The lowest BCUT2D eigenvalue weighted by molar-refractivity contribution is 0.0197. The van der Waals surface area contributed by atoms with E-state index in [1.54, 1.807) is 15.8 Å². The topological polar surface area (TPSA) is 96.7 Å². The number of likely N-dealkylation sites (tertiary alicyclic amines) is 2. The van der Waals surface area contributed by atoms with Gasteiger partial charge in [-0.05, 0) is 70.4 Å². The second-order valence-electron chi connectivity index (χ2n) is 11.8. The number of rotatable bonds is 3. The van der Waals surface area contributed by atoms with Crippen molar-refractivity contribution in [2.75, 3.05) is 31.1 Å². The molecule has 0 aliphatic carbocycles. The van der Waals surface area contributed by atoms with E-state index in [4.69, 9.17) is 9.72 Å². The Balaban J connectivity index is 1.44. The van der Waals surface area contributed by atoms with Crippen molar-refractivity contribution in [1.82, 2.24) is 29.8 Å².